The number of nitrogens with one attached hydrogen (secondary N) is 1. The fourth-order valence-electron chi connectivity index (χ4n) is 2.29. The lowest BCUT2D eigenvalue weighted by Crippen LogP contribution is -2.26. The lowest BCUT2D eigenvalue weighted by Gasteiger charge is -2.25. The molecular weight excluding hydrogens is 250 g/mol. The summed E-state index contributed by atoms with van der Waals surface area (Å²) >= 11 is 0. The summed E-state index contributed by atoms with van der Waals surface area (Å²) in [5.74, 6) is -0.344. The number of nitriles is 1. The van der Waals surface area contributed by atoms with Crippen LogP contribution in [-0.4, -0.2) is 23.9 Å². The van der Waals surface area contributed by atoms with Crippen LogP contribution in [0.2, 0.25) is 0 Å². The molecule has 1 aromatic carbocycles. The Morgan fingerprint density at radius 3 is 2.75 bits per heavy atom. The van der Waals surface area contributed by atoms with Gasteiger partial charge < -0.3 is 10.2 Å². The molecule has 4 nitrogen and oxygen atoms in total. The molecule has 0 radical (unpaired) electrons. The van der Waals surface area contributed by atoms with Gasteiger partial charge in [-0.15, -0.1) is 0 Å². The molecule has 4 heteroatoms. The number of hydrogen-bond donors (Lipinski definition) is 1. The van der Waals surface area contributed by atoms with Gasteiger partial charge in [0.15, 0.2) is 0 Å². The average Bonchev–Trinajstić information content (AvgIpc) is 2.45. The van der Waals surface area contributed by atoms with Gasteiger partial charge in [-0.05, 0) is 43.9 Å². The minimum absolute atomic E-state index is 0.161. The molecule has 1 amide bonds. The third kappa shape index (κ3) is 3.86. The van der Waals surface area contributed by atoms with Gasteiger partial charge in [-0.3, -0.25) is 4.79 Å². The van der Waals surface area contributed by atoms with Crippen molar-refractivity contribution in [1.82, 2.24) is 4.90 Å². The Hall–Kier alpha value is -2.28. The van der Waals surface area contributed by atoms with Crippen molar-refractivity contribution in [3.8, 4) is 6.07 Å². The van der Waals surface area contributed by atoms with Crippen LogP contribution in [0.25, 0.3) is 0 Å². The Balaban J connectivity index is 2.05. The quantitative estimate of drug-likeness (QED) is 0.678. The van der Waals surface area contributed by atoms with E-state index in [1.165, 1.54) is 6.42 Å². The molecule has 1 N–H and O–H groups in total. The summed E-state index contributed by atoms with van der Waals surface area (Å²) in [6, 6.07) is 9.54. The second kappa shape index (κ2) is 6.76. The lowest BCUT2D eigenvalue weighted by atomic mass is 10.1. The van der Waals surface area contributed by atoms with Gasteiger partial charge in [-0.2, -0.15) is 5.26 Å². The van der Waals surface area contributed by atoms with E-state index >= 15 is 0 Å². The summed E-state index contributed by atoms with van der Waals surface area (Å²) in [5.41, 5.74) is 1.95. The smallest absolute Gasteiger partial charge is 0.267 e. The molecule has 0 aliphatic carbocycles. The molecule has 1 saturated heterocycles. The Bertz CT molecular complexity index is 551. The van der Waals surface area contributed by atoms with Crippen LogP contribution in [0.5, 0.6) is 0 Å². The van der Waals surface area contributed by atoms with Crippen molar-refractivity contribution in [2.24, 2.45) is 0 Å². The highest BCUT2D eigenvalue weighted by molar-refractivity contribution is 6.06. The van der Waals surface area contributed by atoms with Crippen molar-refractivity contribution in [2.45, 2.75) is 26.2 Å². The van der Waals surface area contributed by atoms with Crippen molar-refractivity contribution in [3.05, 3.63) is 41.6 Å². The number of likely N-dealkylation sites (tertiary alicyclic amines) is 1. The first-order valence-corrected chi connectivity index (χ1v) is 6.93. The number of amides is 1. The molecule has 1 aliphatic heterocycles. The normalized spacial score (nSPS) is 15.6. The molecule has 104 valence electrons. The zero-order valence-corrected chi connectivity index (χ0v) is 11.7. The predicted octanol–water partition coefficient (Wildman–Crippen LogP) is 2.83. The first kappa shape index (κ1) is 14.1. The third-order valence-electron chi connectivity index (χ3n) is 3.34. The van der Waals surface area contributed by atoms with Crippen molar-refractivity contribution < 1.29 is 4.79 Å². The third-order valence-corrected chi connectivity index (χ3v) is 3.34. The van der Waals surface area contributed by atoms with Crippen molar-refractivity contribution >= 4 is 11.6 Å². The Morgan fingerprint density at radius 2 is 2.10 bits per heavy atom. The van der Waals surface area contributed by atoms with Crippen molar-refractivity contribution in [2.75, 3.05) is 18.4 Å². The minimum atomic E-state index is -0.344. The molecule has 1 heterocycles. The Labute approximate surface area is 119 Å². The van der Waals surface area contributed by atoms with E-state index in [1.54, 1.807) is 6.20 Å². The van der Waals surface area contributed by atoms with E-state index in [2.05, 4.69) is 10.2 Å². The molecule has 0 atom stereocenters. The van der Waals surface area contributed by atoms with Gasteiger partial charge >= 0.3 is 0 Å². The summed E-state index contributed by atoms with van der Waals surface area (Å²) < 4.78 is 0. The van der Waals surface area contributed by atoms with E-state index in [-0.39, 0.29) is 11.5 Å². The summed E-state index contributed by atoms with van der Waals surface area (Å²) in [6.07, 6.45) is 5.15. The summed E-state index contributed by atoms with van der Waals surface area (Å²) in [6.45, 7) is 3.80. The van der Waals surface area contributed by atoms with Crippen LogP contribution in [0.4, 0.5) is 5.69 Å². The second-order valence-electron chi connectivity index (χ2n) is 5.07. The summed E-state index contributed by atoms with van der Waals surface area (Å²) in [4.78, 5) is 14.2. The second-order valence-corrected chi connectivity index (χ2v) is 5.07. The molecule has 0 bridgehead atoms. The van der Waals surface area contributed by atoms with E-state index in [1.807, 2.05) is 37.3 Å². The predicted molar refractivity (Wildman–Crippen MR) is 78.9 cm³/mol. The summed E-state index contributed by atoms with van der Waals surface area (Å²) in [5, 5.41) is 11.9. The molecule has 1 aromatic rings. The van der Waals surface area contributed by atoms with Crippen LogP contribution in [0.15, 0.2) is 36.0 Å². The fraction of sp³-hybridized carbons (Fsp3) is 0.375. The molecule has 20 heavy (non-hydrogen) atoms. The molecule has 0 saturated carbocycles. The molecule has 0 unspecified atom stereocenters. The largest absolute Gasteiger partial charge is 0.376 e. The van der Waals surface area contributed by atoms with Gasteiger partial charge in [0, 0.05) is 25.0 Å². The van der Waals surface area contributed by atoms with Crippen molar-refractivity contribution in [1.29, 1.82) is 5.26 Å². The number of piperidine rings is 1. The maximum absolute atomic E-state index is 12.1. The first-order chi connectivity index (χ1) is 9.69. The van der Waals surface area contributed by atoms with Crippen LogP contribution < -0.4 is 5.32 Å². The zero-order chi connectivity index (χ0) is 14.4. The molecule has 1 aliphatic rings. The highest BCUT2D eigenvalue weighted by Gasteiger charge is 2.13. The maximum Gasteiger partial charge on any atom is 0.267 e. The number of benzene rings is 1. The minimum Gasteiger partial charge on any atom is -0.376 e. The van der Waals surface area contributed by atoms with Crippen LogP contribution in [0.1, 0.15) is 24.8 Å². The lowest BCUT2D eigenvalue weighted by molar-refractivity contribution is -0.112. The Morgan fingerprint density at radius 1 is 1.35 bits per heavy atom. The van der Waals surface area contributed by atoms with Crippen molar-refractivity contribution in [3.63, 3.8) is 0 Å². The van der Waals surface area contributed by atoms with E-state index < -0.39 is 0 Å². The number of hydrogen-bond acceptors (Lipinski definition) is 3. The standard InChI is InChI=1S/C16H19N3O/c1-13-6-5-7-15(10-13)18-16(20)14(11-17)12-19-8-3-2-4-9-19/h5-7,10,12H,2-4,8-9H2,1H3,(H,18,20)/b14-12-. The molecule has 2 rings (SSSR count). The monoisotopic (exact) mass is 269 g/mol. The Kier molecular flexibility index (Phi) is 4.78. The number of aryl methyl sites for hydroxylation is 1. The number of anilines is 1. The van der Waals surface area contributed by atoms with Gasteiger partial charge in [0.1, 0.15) is 11.6 Å². The van der Waals surface area contributed by atoms with Gasteiger partial charge in [0.05, 0.1) is 0 Å². The number of nitrogens with zero attached hydrogens (tertiary/aromatic N) is 2. The average molecular weight is 269 g/mol. The van der Waals surface area contributed by atoms with Gasteiger partial charge in [-0.25, -0.2) is 0 Å². The molecule has 0 spiro atoms. The van der Waals surface area contributed by atoms with Gasteiger partial charge in [0.2, 0.25) is 0 Å². The fourth-order valence-corrected chi connectivity index (χ4v) is 2.29. The van der Waals surface area contributed by atoms with Gasteiger partial charge in [0.25, 0.3) is 5.91 Å². The summed E-state index contributed by atoms with van der Waals surface area (Å²) in [7, 11) is 0. The SMILES string of the molecule is Cc1cccc(NC(=O)/C(C#N)=C\N2CCCCC2)c1. The van der Waals surface area contributed by atoms with E-state index in [0.717, 1.165) is 37.2 Å². The molecule has 1 fully saturated rings. The van der Waals surface area contributed by atoms with Crippen LogP contribution >= 0.6 is 0 Å². The first-order valence-electron chi connectivity index (χ1n) is 6.93. The van der Waals surface area contributed by atoms with Crippen LogP contribution in [-0.2, 0) is 4.79 Å². The molecule has 0 aromatic heterocycles. The zero-order valence-electron chi connectivity index (χ0n) is 11.7. The number of carbonyl (C=O) groups is 1. The maximum atomic E-state index is 12.1. The van der Waals surface area contributed by atoms with E-state index in [4.69, 9.17) is 5.26 Å². The number of rotatable bonds is 3. The highest BCUT2D eigenvalue weighted by Crippen LogP contribution is 2.13. The van der Waals surface area contributed by atoms with E-state index in [0.29, 0.717) is 0 Å². The van der Waals surface area contributed by atoms with Gasteiger partial charge in [-0.1, -0.05) is 12.1 Å². The van der Waals surface area contributed by atoms with E-state index in [9.17, 15) is 4.79 Å². The number of carbonyl (C=O) groups excluding carboxylic acids is 1. The molecular formula is C16H19N3O. The highest BCUT2D eigenvalue weighted by atomic mass is 16.1. The topological polar surface area (TPSA) is 56.1 Å². The van der Waals surface area contributed by atoms with Crippen LogP contribution in [0.3, 0.4) is 0 Å². The van der Waals surface area contributed by atoms with Crippen LogP contribution in [0, 0.1) is 18.3 Å².